The van der Waals surface area contributed by atoms with Crippen LogP contribution in [-0.2, 0) is 0 Å². The number of rotatable bonds is 5. The second kappa shape index (κ2) is 7.06. The number of benzene rings is 1. The molecular formula is C16H14BrN3O3S. The van der Waals surface area contributed by atoms with Gasteiger partial charge in [-0.3, -0.25) is 9.89 Å². The number of halogens is 1. The van der Waals surface area contributed by atoms with Gasteiger partial charge >= 0.3 is 0 Å². The van der Waals surface area contributed by atoms with Gasteiger partial charge in [-0.25, -0.2) is 0 Å². The summed E-state index contributed by atoms with van der Waals surface area (Å²) in [6.07, 6.45) is 0. The topological polar surface area (TPSA) is 76.2 Å². The zero-order valence-corrected chi connectivity index (χ0v) is 15.3. The molecule has 0 saturated carbocycles. The lowest BCUT2D eigenvalue weighted by Crippen LogP contribution is -2.12. The molecule has 0 aliphatic carbocycles. The summed E-state index contributed by atoms with van der Waals surface area (Å²) in [7, 11) is 3.06. The molecule has 0 fully saturated rings. The molecule has 6 nitrogen and oxygen atoms in total. The number of aromatic nitrogens is 2. The lowest BCUT2D eigenvalue weighted by molar-refractivity contribution is 0.102. The van der Waals surface area contributed by atoms with Crippen molar-refractivity contribution in [2.24, 2.45) is 0 Å². The molecule has 0 atom stereocenters. The molecule has 2 aromatic heterocycles. The van der Waals surface area contributed by atoms with Gasteiger partial charge in [-0.1, -0.05) is 6.07 Å². The van der Waals surface area contributed by atoms with Gasteiger partial charge in [0, 0.05) is 11.6 Å². The predicted octanol–water partition coefficient (Wildman–Crippen LogP) is 4.17. The second-order valence-electron chi connectivity index (χ2n) is 4.79. The molecule has 24 heavy (non-hydrogen) atoms. The maximum atomic E-state index is 12.5. The number of hydrogen-bond acceptors (Lipinski definition) is 5. The van der Waals surface area contributed by atoms with E-state index >= 15 is 0 Å². The Labute approximate surface area is 150 Å². The quantitative estimate of drug-likeness (QED) is 0.665. The number of aromatic amines is 1. The number of carbonyl (C=O) groups is 1. The molecule has 2 N–H and O–H groups in total. The van der Waals surface area contributed by atoms with Gasteiger partial charge in [-0.15, -0.1) is 11.3 Å². The van der Waals surface area contributed by atoms with E-state index in [-0.39, 0.29) is 5.91 Å². The zero-order valence-electron chi connectivity index (χ0n) is 12.9. The first-order valence-electron chi connectivity index (χ1n) is 6.94. The van der Waals surface area contributed by atoms with Crippen LogP contribution in [0.2, 0.25) is 0 Å². The lowest BCUT2D eigenvalue weighted by atomic mass is 10.2. The van der Waals surface area contributed by atoms with Crippen LogP contribution in [-0.4, -0.2) is 30.3 Å². The number of carbonyl (C=O) groups excluding carboxylic acids is 1. The van der Waals surface area contributed by atoms with Crippen molar-refractivity contribution in [2.75, 3.05) is 19.5 Å². The molecule has 0 aliphatic rings. The summed E-state index contributed by atoms with van der Waals surface area (Å²) in [5.41, 5.74) is 1.26. The van der Waals surface area contributed by atoms with Gasteiger partial charge in [-0.2, -0.15) is 5.10 Å². The minimum absolute atomic E-state index is 0.302. The van der Waals surface area contributed by atoms with E-state index in [1.165, 1.54) is 14.2 Å². The van der Waals surface area contributed by atoms with Gasteiger partial charge in [0.15, 0.2) is 5.82 Å². The van der Waals surface area contributed by atoms with Crippen molar-refractivity contribution in [3.63, 3.8) is 0 Å². The van der Waals surface area contributed by atoms with Gasteiger partial charge < -0.3 is 14.8 Å². The fraction of sp³-hybridized carbons (Fsp3) is 0.125. The van der Waals surface area contributed by atoms with Crippen molar-refractivity contribution in [2.45, 2.75) is 0 Å². The fourth-order valence-corrected chi connectivity index (χ4v) is 3.38. The average Bonchev–Trinajstić information content (AvgIpc) is 3.26. The monoisotopic (exact) mass is 407 g/mol. The highest BCUT2D eigenvalue weighted by molar-refractivity contribution is 9.10. The molecule has 0 unspecified atom stereocenters. The number of nitrogens with one attached hydrogen (secondary N) is 2. The Morgan fingerprint density at radius 3 is 2.54 bits per heavy atom. The van der Waals surface area contributed by atoms with Gasteiger partial charge in [0.05, 0.1) is 24.8 Å². The van der Waals surface area contributed by atoms with Crippen LogP contribution in [0.5, 0.6) is 11.5 Å². The fourth-order valence-electron chi connectivity index (χ4n) is 2.13. The zero-order chi connectivity index (χ0) is 17.1. The molecular weight excluding hydrogens is 394 g/mol. The van der Waals surface area contributed by atoms with Crippen molar-refractivity contribution in [1.82, 2.24) is 10.2 Å². The van der Waals surface area contributed by atoms with Crippen LogP contribution in [0.25, 0.3) is 10.6 Å². The molecule has 2 heterocycles. The first-order chi connectivity index (χ1) is 11.6. The highest BCUT2D eigenvalue weighted by atomic mass is 79.9. The Bertz CT molecular complexity index is 836. The number of amides is 1. The van der Waals surface area contributed by atoms with E-state index in [1.54, 1.807) is 29.5 Å². The van der Waals surface area contributed by atoms with Crippen molar-refractivity contribution in [1.29, 1.82) is 0 Å². The smallest absolute Gasteiger partial charge is 0.257 e. The molecule has 0 bridgehead atoms. The van der Waals surface area contributed by atoms with Crippen LogP contribution < -0.4 is 14.8 Å². The maximum absolute atomic E-state index is 12.5. The molecule has 8 heteroatoms. The third-order valence-corrected chi connectivity index (χ3v) is 5.00. The summed E-state index contributed by atoms with van der Waals surface area (Å²) in [6.45, 7) is 0. The molecule has 3 rings (SSSR count). The Morgan fingerprint density at radius 2 is 1.96 bits per heavy atom. The van der Waals surface area contributed by atoms with Crippen molar-refractivity contribution >= 4 is 39.0 Å². The van der Waals surface area contributed by atoms with Gasteiger partial charge in [0.1, 0.15) is 16.0 Å². The Morgan fingerprint density at radius 1 is 1.25 bits per heavy atom. The molecule has 0 aliphatic heterocycles. The number of thiophene rings is 1. The minimum Gasteiger partial charge on any atom is -0.495 e. The van der Waals surface area contributed by atoms with Crippen LogP contribution >= 0.6 is 27.3 Å². The van der Waals surface area contributed by atoms with Gasteiger partial charge in [0.2, 0.25) is 0 Å². The largest absolute Gasteiger partial charge is 0.495 e. The Hall–Kier alpha value is -2.32. The van der Waals surface area contributed by atoms with Gasteiger partial charge in [0.25, 0.3) is 5.91 Å². The normalized spacial score (nSPS) is 10.5. The van der Waals surface area contributed by atoms with Crippen LogP contribution in [0.1, 0.15) is 10.4 Å². The third kappa shape index (κ3) is 3.29. The minimum atomic E-state index is -0.302. The number of nitrogens with zero attached hydrogens (tertiary/aromatic N) is 1. The number of ether oxygens (including phenoxy) is 2. The van der Waals surface area contributed by atoms with Crippen molar-refractivity contribution in [3.8, 4) is 22.1 Å². The summed E-state index contributed by atoms with van der Waals surface area (Å²) in [4.78, 5) is 13.5. The first kappa shape index (κ1) is 16.5. The van der Waals surface area contributed by atoms with E-state index in [4.69, 9.17) is 9.47 Å². The number of hydrogen-bond donors (Lipinski definition) is 2. The highest BCUT2D eigenvalue weighted by Gasteiger charge is 2.16. The van der Waals surface area contributed by atoms with E-state index in [1.807, 2.05) is 17.5 Å². The van der Waals surface area contributed by atoms with E-state index in [9.17, 15) is 4.79 Å². The van der Waals surface area contributed by atoms with Crippen LogP contribution in [0.4, 0.5) is 5.82 Å². The summed E-state index contributed by atoms with van der Waals surface area (Å²) < 4.78 is 11.2. The van der Waals surface area contributed by atoms with E-state index < -0.39 is 0 Å². The standard InChI is InChI=1S/C16H14BrN3O3S/c1-22-11-6-9(7-12(23-2)15(11)17)16(21)18-14-8-10(19-20-14)13-4-3-5-24-13/h3-8H,1-2H3,(H2,18,19,20,21). The number of H-pyrrole nitrogens is 1. The summed E-state index contributed by atoms with van der Waals surface area (Å²) in [5.74, 6) is 1.18. The van der Waals surface area contributed by atoms with E-state index in [0.717, 1.165) is 10.6 Å². The van der Waals surface area contributed by atoms with Crippen molar-refractivity contribution < 1.29 is 14.3 Å². The first-order valence-corrected chi connectivity index (χ1v) is 8.61. The van der Waals surface area contributed by atoms with E-state index in [0.29, 0.717) is 27.4 Å². The lowest BCUT2D eigenvalue weighted by Gasteiger charge is -2.11. The highest BCUT2D eigenvalue weighted by Crippen LogP contribution is 2.35. The summed E-state index contributed by atoms with van der Waals surface area (Å²) >= 11 is 4.97. The van der Waals surface area contributed by atoms with Crippen LogP contribution in [0, 0.1) is 0 Å². The molecule has 0 radical (unpaired) electrons. The molecule has 1 aromatic carbocycles. The Kier molecular flexibility index (Phi) is 4.86. The Balaban J connectivity index is 1.82. The predicted molar refractivity (Wildman–Crippen MR) is 97.1 cm³/mol. The molecule has 3 aromatic rings. The maximum Gasteiger partial charge on any atom is 0.257 e. The molecule has 0 spiro atoms. The van der Waals surface area contributed by atoms with Crippen molar-refractivity contribution in [3.05, 3.63) is 45.7 Å². The third-order valence-electron chi connectivity index (χ3n) is 3.31. The van der Waals surface area contributed by atoms with Crippen LogP contribution in [0.15, 0.2) is 40.2 Å². The SMILES string of the molecule is COc1cc(C(=O)Nc2cc(-c3cccs3)[nH]n2)cc(OC)c1Br. The van der Waals surface area contributed by atoms with Gasteiger partial charge in [-0.05, 0) is 39.5 Å². The molecule has 0 saturated heterocycles. The van der Waals surface area contributed by atoms with Crippen LogP contribution in [0.3, 0.4) is 0 Å². The average molecular weight is 408 g/mol. The second-order valence-corrected chi connectivity index (χ2v) is 6.53. The van der Waals surface area contributed by atoms with E-state index in [2.05, 4.69) is 31.4 Å². The number of anilines is 1. The summed E-state index contributed by atoms with van der Waals surface area (Å²) in [5, 5.41) is 11.8. The molecule has 1 amide bonds. The summed E-state index contributed by atoms with van der Waals surface area (Å²) in [6, 6.07) is 8.99. The molecule has 124 valence electrons. The number of methoxy groups -OCH3 is 2.